The highest BCUT2D eigenvalue weighted by Gasteiger charge is 2.88. The zero-order valence-electron chi connectivity index (χ0n) is 12.8. The van der Waals surface area contributed by atoms with Crippen LogP contribution in [0.4, 0.5) is 0 Å². The molecule has 0 N–H and O–H groups in total. The standard InChI is InChI=1S/C19H18O4/c1-11-13-10-15-19(11)14(8-5-9-18(13,19)17(21)23-15)22-16(20)12-6-3-2-4-7-12/h2-4,6-7,13-15H,1,5,8-10H2/t13-,14-,15+,18+,19+/m1/s1. The number of carbonyl (C=O) groups excluding carboxylic acids is 2. The van der Waals surface area contributed by atoms with Crippen LogP contribution < -0.4 is 0 Å². The van der Waals surface area contributed by atoms with Crippen LogP contribution in [0.1, 0.15) is 36.0 Å². The van der Waals surface area contributed by atoms with Crippen LogP contribution in [0, 0.1) is 16.7 Å². The lowest BCUT2D eigenvalue weighted by Gasteiger charge is -2.59. The Hall–Kier alpha value is -2.10. The Kier molecular flexibility index (Phi) is 2.35. The lowest BCUT2D eigenvalue weighted by atomic mass is 9.41. The summed E-state index contributed by atoms with van der Waals surface area (Å²) in [5.74, 6) is -0.185. The summed E-state index contributed by atoms with van der Waals surface area (Å²) in [7, 11) is 0. The largest absolute Gasteiger partial charge is 0.461 e. The molecule has 5 atom stereocenters. The van der Waals surface area contributed by atoms with Gasteiger partial charge in [-0.15, -0.1) is 0 Å². The predicted octanol–water partition coefficient (Wildman–Crippen LogP) is 2.88. The lowest BCUT2D eigenvalue weighted by molar-refractivity contribution is -0.167. The molecule has 0 aromatic heterocycles. The highest BCUT2D eigenvalue weighted by Crippen LogP contribution is 2.82. The molecular weight excluding hydrogens is 292 g/mol. The topological polar surface area (TPSA) is 52.6 Å². The third kappa shape index (κ3) is 1.23. The maximum Gasteiger partial charge on any atom is 0.338 e. The Morgan fingerprint density at radius 2 is 2.09 bits per heavy atom. The van der Waals surface area contributed by atoms with Crippen LogP contribution in [0.2, 0.25) is 0 Å². The first-order chi connectivity index (χ1) is 11.1. The Bertz CT molecular complexity index is 739. The summed E-state index contributed by atoms with van der Waals surface area (Å²) in [5.41, 5.74) is 0.688. The normalized spacial score (nSPS) is 42.7. The van der Waals surface area contributed by atoms with Crippen molar-refractivity contribution >= 4 is 11.9 Å². The molecule has 4 saturated carbocycles. The maximum atomic E-state index is 12.5. The summed E-state index contributed by atoms with van der Waals surface area (Å²) >= 11 is 0. The minimum absolute atomic E-state index is 0.0911. The Balaban J connectivity index is 1.51. The molecule has 5 aliphatic rings. The van der Waals surface area contributed by atoms with E-state index in [0.717, 1.165) is 31.3 Å². The van der Waals surface area contributed by atoms with Crippen molar-refractivity contribution in [2.24, 2.45) is 16.7 Å². The molecule has 0 unspecified atom stereocenters. The number of hydrogen-bond donors (Lipinski definition) is 0. The smallest absolute Gasteiger partial charge is 0.338 e. The SMILES string of the molecule is C=C1[C@H]2C[C@@H]3OC(=O)[C@]24CCC[C@@H](OC(=O)c2ccccc2)[C@@]134. The fourth-order valence-electron chi connectivity index (χ4n) is 5.91. The van der Waals surface area contributed by atoms with Crippen molar-refractivity contribution in [2.75, 3.05) is 0 Å². The number of ether oxygens (including phenoxy) is 2. The number of benzene rings is 1. The van der Waals surface area contributed by atoms with E-state index in [1.807, 2.05) is 18.2 Å². The molecule has 4 bridgehead atoms. The van der Waals surface area contributed by atoms with Gasteiger partial charge in [0.25, 0.3) is 0 Å². The molecule has 1 saturated heterocycles. The highest BCUT2D eigenvalue weighted by molar-refractivity contribution is 5.91. The molecule has 4 nitrogen and oxygen atoms in total. The molecule has 0 radical (unpaired) electrons. The van der Waals surface area contributed by atoms with Gasteiger partial charge in [-0.05, 0) is 37.8 Å². The average molecular weight is 310 g/mol. The van der Waals surface area contributed by atoms with Gasteiger partial charge in [0, 0.05) is 5.92 Å². The van der Waals surface area contributed by atoms with Crippen LogP contribution in [0.15, 0.2) is 42.5 Å². The molecule has 1 aromatic rings. The summed E-state index contributed by atoms with van der Waals surface area (Å²) in [6.45, 7) is 4.24. The van der Waals surface area contributed by atoms with Crippen molar-refractivity contribution < 1.29 is 19.1 Å². The van der Waals surface area contributed by atoms with Crippen molar-refractivity contribution in [1.82, 2.24) is 0 Å². The zero-order valence-corrected chi connectivity index (χ0v) is 12.8. The van der Waals surface area contributed by atoms with Crippen LogP contribution in [0.3, 0.4) is 0 Å². The van der Waals surface area contributed by atoms with Gasteiger partial charge in [0.15, 0.2) is 0 Å². The molecule has 4 heteroatoms. The monoisotopic (exact) mass is 310 g/mol. The third-order valence-electron chi connectivity index (χ3n) is 6.66. The minimum atomic E-state index is -0.464. The Morgan fingerprint density at radius 3 is 2.87 bits per heavy atom. The molecule has 6 rings (SSSR count). The number of rotatable bonds is 2. The summed E-state index contributed by atoms with van der Waals surface area (Å²) < 4.78 is 11.5. The van der Waals surface area contributed by atoms with Gasteiger partial charge < -0.3 is 9.47 Å². The van der Waals surface area contributed by atoms with Gasteiger partial charge in [0.05, 0.1) is 16.4 Å². The predicted molar refractivity (Wildman–Crippen MR) is 81.5 cm³/mol. The van der Waals surface area contributed by atoms with E-state index in [1.54, 1.807) is 12.1 Å². The van der Waals surface area contributed by atoms with Gasteiger partial charge >= 0.3 is 11.9 Å². The first-order valence-electron chi connectivity index (χ1n) is 8.29. The van der Waals surface area contributed by atoms with Crippen molar-refractivity contribution in [3.05, 3.63) is 48.0 Å². The molecule has 1 aromatic carbocycles. The molecule has 1 spiro atoms. The average Bonchev–Trinajstić information content (AvgIpc) is 3.12. The zero-order chi connectivity index (χ0) is 15.8. The van der Waals surface area contributed by atoms with E-state index < -0.39 is 10.8 Å². The summed E-state index contributed by atoms with van der Waals surface area (Å²) in [6.07, 6.45) is 2.90. The van der Waals surface area contributed by atoms with Gasteiger partial charge in [-0.25, -0.2) is 4.79 Å². The second kappa shape index (κ2) is 4.05. The quantitative estimate of drug-likeness (QED) is 0.622. The summed E-state index contributed by atoms with van der Waals surface area (Å²) in [5, 5.41) is 0. The fourth-order valence-corrected chi connectivity index (χ4v) is 5.91. The van der Waals surface area contributed by atoms with E-state index in [2.05, 4.69) is 6.58 Å². The van der Waals surface area contributed by atoms with E-state index in [1.165, 1.54) is 0 Å². The van der Waals surface area contributed by atoms with E-state index in [9.17, 15) is 9.59 Å². The van der Waals surface area contributed by atoms with E-state index in [-0.39, 0.29) is 30.1 Å². The van der Waals surface area contributed by atoms with Gasteiger partial charge in [-0.2, -0.15) is 0 Å². The second-order valence-corrected chi connectivity index (χ2v) is 7.20. The highest BCUT2D eigenvalue weighted by atomic mass is 16.6. The van der Waals surface area contributed by atoms with Crippen molar-refractivity contribution in [1.29, 1.82) is 0 Å². The van der Waals surface area contributed by atoms with Crippen LogP contribution in [-0.2, 0) is 14.3 Å². The second-order valence-electron chi connectivity index (χ2n) is 7.20. The van der Waals surface area contributed by atoms with Crippen molar-refractivity contribution in [2.45, 2.75) is 37.9 Å². The number of hydrogen-bond acceptors (Lipinski definition) is 4. The fraction of sp³-hybridized carbons (Fsp3) is 0.474. The van der Waals surface area contributed by atoms with E-state index in [0.29, 0.717) is 5.56 Å². The van der Waals surface area contributed by atoms with Gasteiger partial charge in [0.2, 0.25) is 0 Å². The number of esters is 2. The molecule has 1 aliphatic heterocycles. The van der Waals surface area contributed by atoms with Crippen LogP contribution in [0.5, 0.6) is 0 Å². The molecule has 1 heterocycles. The Morgan fingerprint density at radius 1 is 1.30 bits per heavy atom. The number of carbonyl (C=O) groups is 2. The first-order valence-corrected chi connectivity index (χ1v) is 8.29. The summed E-state index contributed by atoms with van der Waals surface area (Å²) in [4.78, 5) is 25.0. The molecular formula is C19H18O4. The van der Waals surface area contributed by atoms with Crippen LogP contribution >= 0.6 is 0 Å². The molecule has 118 valence electrons. The van der Waals surface area contributed by atoms with Crippen LogP contribution in [0.25, 0.3) is 0 Å². The minimum Gasteiger partial charge on any atom is -0.461 e. The van der Waals surface area contributed by atoms with Crippen molar-refractivity contribution in [3.63, 3.8) is 0 Å². The van der Waals surface area contributed by atoms with Gasteiger partial charge in [-0.1, -0.05) is 30.4 Å². The van der Waals surface area contributed by atoms with Gasteiger partial charge in [0.1, 0.15) is 12.2 Å². The summed E-state index contributed by atoms with van der Waals surface area (Å²) in [6, 6.07) is 9.01. The van der Waals surface area contributed by atoms with Crippen molar-refractivity contribution in [3.8, 4) is 0 Å². The molecule has 23 heavy (non-hydrogen) atoms. The lowest BCUT2D eigenvalue weighted by Crippen LogP contribution is -2.64. The maximum absolute atomic E-state index is 12.5. The molecule has 4 aliphatic carbocycles. The van der Waals surface area contributed by atoms with Crippen LogP contribution in [-0.4, -0.2) is 24.1 Å². The van der Waals surface area contributed by atoms with E-state index >= 15 is 0 Å². The van der Waals surface area contributed by atoms with E-state index in [4.69, 9.17) is 9.47 Å². The van der Waals surface area contributed by atoms with Gasteiger partial charge in [-0.3, -0.25) is 4.79 Å². The molecule has 0 amide bonds. The first kappa shape index (κ1) is 13.3. The third-order valence-corrected chi connectivity index (χ3v) is 6.66. The Labute approximate surface area is 134 Å². The molecule has 5 fully saturated rings.